The first-order chi connectivity index (χ1) is 5.72. The van der Waals surface area contributed by atoms with Crippen LogP contribution in [0.3, 0.4) is 0 Å². The maximum Gasteiger partial charge on any atom is 0.123 e. The Balaban J connectivity index is 2.69. The van der Waals surface area contributed by atoms with Crippen LogP contribution in [0.5, 0.6) is 0 Å². The van der Waals surface area contributed by atoms with Gasteiger partial charge in [-0.2, -0.15) is 0 Å². The van der Waals surface area contributed by atoms with Crippen molar-refractivity contribution in [2.24, 2.45) is 5.92 Å². The van der Waals surface area contributed by atoms with E-state index in [1.807, 2.05) is 12.1 Å². The van der Waals surface area contributed by atoms with Gasteiger partial charge in [-0.25, -0.2) is 4.39 Å². The second-order valence-electron chi connectivity index (χ2n) is 3.05. The van der Waals surface area contributed by atoms with Crippen molar-refractivity contribution in [1.29, 1.82) is 0 Å². The van der Waals surface area contributed by atoms with Crippen LogP contribution in [-0.2, 0) is 6.42 Å². The summed E-state index contributed by atoms with van der Waals surface area (Å²) >= 11 is 0. The van der Waals surface area contributed by atoms with Crippen LogP contribution in [0.1, 0.15) is 12.5 Å². The zero-order valence-electron chi connectivity index (χ0n) is 7.26. The van der Waals surface area contributed by atoms with Crippen LogP contribution in [0.4, 0.5) is 4.39 Å². The van der Waals surface area contributed by atoms with Gasteiger partial charge in [0.15, 0.2) is 0 Å². The molecular weight excluding hydrogens is 151 g/mol. The van der Waals surface area contributed by atoms with Crippen molar-refractivity contribution >= 4 is 0 Å². The van der Waals surface area contributed by atoms with Crippen molar-refractivity contribution in [3.05, 3.63) is 48.3 Å². The summed E-state index contributed by atoms with van der Waals surface area (Å²) in [7, 11) is 0. The van der Waals surface area contributed by atoms with E-state index in [1.165, 1.54) is 6.07 Å². The van der Waals surface area contributed by atoms with Crippen molar-refractivity contribution in [3.63, 3.8) is 0 Å². The normalized spacial score (nSPS) is 12.5. The summed E-state index contributed by atoms with van der Waals surface area (Å²) < 4.78 is 12.7. The number of hydrogen-bond acceptors (Lipinski definition) is 0. The van der Waals surface area contributed by atoms with E-state index in [0.717, 1.165) is 12.0 Å². The molecule has 0 aromatic heterocycles. The smallest absolute Gasteiger partial charge is 0.123 e. The minimum atomic E-state index is -0.163. The van der Waals surface area contributed by atoms with Gasteiger partial charge >= 0.3 is 0 Å². The molecule has 0 nitrogen and oxygen atoms in total. The molecule has 0 aliphatic rings. The van der Waals surface area contributed by atoms with E-state index < -0.39 is 0 Å². The molecular formula is C11H13F. The summed E-state index contributed by atoms with van der Waals surface area (Å²) in [6.07, 6.45) is 2.74. The second kappa shape index (κ2) is 4.05. The molecule has 1 atom stereocenters. The molecule has 12 heavy (non-hydrogen) atoms. The standard InChI is InChI=1S/C11H13F/c1-3-9(2)7-10-5-4-6-11(12)8-10/h3-6,8-9H,1,7H2,2H3. The van der Waals surface area contributed by atoms with Crippen LogP contribution < -0.4 is 0 Å². The van der Waals surface area contributed by atoms with Gasteiger partial charge in [0.25, 0.3) is 0 Å². The highest BCUT2D eigenvalue weighted by molar-refractivity contribution is 5.17. The molecule has 64 valence electrons. The third-order valence-electron chi connectivity index (χ3n) is 1.85. The molecule has 0 aliphatic heterocycles. The minimum Gasteiger partial charge on any atom is -0.207 e. The largest absolute Gasteiger partial charge is 0.207 e. The van der Waals surface area contributed by atoms with E-state index in [0.29, 0.717) is 5.92 Å². The molecule has 0 fully saturated rings. The summed E-state index contributed by atoms with van der Waals surface area (Å²) in [5, 5.41) is 0. The maximum absolute atomic E-state index is 12.7. The summed E-state index contributed by atoms with van der Waals surface area (Å²) in [6.45, 7) is 5.75. The minimum absolute atomic E-state index is 0.163. The Bertz CT molecular complexity index is 265. The molecule has 1 rings (SSSR count). The molecule has 0 spiro atoms. The Morgan fingerprint density at radius 3 is 2.92 bits per heavy atom. The maximum atomic E-state index is 12.7. The Morgan fingerprint density at radius 2 is 2.33 bits per heavy atom. The van der Waals surface area contributed by atoms with Crippen molar-refractivity contribution in [2.75, 3.05) is 0 Å². The highest BCUT2D eigenvalue weighted by Gasteiger charge is 1.99. The number of halogens is 1. The van der Waals surface area contributed by atoms with Gasteiger partial charge in [-0.15, -0.1) is 6.58 Å². The van der Waals surface area contributed by atoms with E-state index in [1.54, 1.807) is 12.1 Å². The Morgan fingerprint density at radius 1 is 1.58 bits per heavy atom. The molecule has 0 saturated heterocycles. The Hall–Kier alpha value is -1.11. The summed E-state index contributed by atoms with van der Waals surface area (Å²) in [5.41, 5.74) is 1.03. The molecule has 0 amide bonds. The van der Waals surface area contributed by atoms with E-state index in [2.05, 4.69) is 13.5 Å². The topological polar surface area (TPSA) is 0 Å². The first-order valence-corrected chi connectivity index (χ1v) is 4.09. The van der Waals surface area contributed by atoms with Gasteiger partial charge in [0.1, 0.15) is 5.82 Å². The van der Waals surface area contributed by atoms with E-state index in [9.17, 15) is 4.39 Å². The summed E-state index contributed by atoms with van der Waals surface area (Å²) in [4.78, 5) is 0. The third-order valence-corrected chi connectivity index (χ3v) is 1.85. The number of benzene rings is 1. The zero-order chi connectivity index (χ0) is 8.97. The lowest BCUT2D eigenvalue weighted by Crippen LogP contribution is -1.95. The van der Waals surface area contributed by atoms with E-state index >= 15 is 0 Å². The quantitative estimate of drug-likeness (QED) is 0.602. The highest BCUT2D eigenvalue weighted by atomic mass is 19.1. The van der Waals surface area contributed by atoms with E-state index in [4.69, 9.17) is 0 Å². The molecule has 0 N–H and O–H groups in total. The number of rotatable bonds is 3. The van der Waals surface area contributed by atoms with Crippen molar-refractivity contribution < 1.29 is 4.39 Å². The lowest BCUT2D eigenvalue weighted by atomic mass is 10.0. The van der Waals surface area contributed by atoms with Gasteiger partial charge < -0.3 is 0 Å². The van der Waals surface area contributed by atoms with Crippen LogP contribution in [0.15, 0.2) is 36.9 Å². The molecule has 0 saturated carbocycles. The third kappa shape index (κ3) is 2.50. The lowest BCUT2D eigenvalue weighted by molar-refractivity contribution is 0.622. The van der Waals surface area contributed by atoms with Gasteiger partial charge in [0.05, 0.1) is 0 Å². The second-order valence-corrected chi connectivity index (χ2v) is 3.05. The molecule has 0 heterocycles. The SMILES string of the molecule is C=CC(C)Cc1cccc(F)c1. The van der Waals surface area contributed by atoms with Gasteiger partial charge in [0, 0.05) is 0 Å². The summed E-state index contributed by atoms with van der Waals surface area (Å²) in [5.74, 6) is 0.246. The molecule has 0 radical (unpaired) electrons. The van der Waals surface area contributed by atoms with E-state index in [-0.39, 0.29) is 5.82 Å². The monoisotopic (exact) mass is 164 g/mol. The van der Waals surface area contributed by atoms with Crippen LogP contribution in [0, 0.1) is 11.7 Å². The fraction of sp³-hybridized carbons (Fsp3) is 0.273. The predicted octanol–water partition coefficient (Wildman–Crippen LogP) is 3.19. The van der Waals surface area contributed by atoms with Crippen molar-refractivity contribution in [1.82, 2.24) is 0 Å². The lowest BCUT2D eigenvalue weighted by Gasteiger charge is -2.04. The van der Waals surface area contributed by atoms with Crippen molar-refractivity contribution in [2.45, 2.75) is 13.3 Å². The zero-order valence-corrected chi connectivity index (χ0v) is 7.26. The number of allylic oxidation sites excluding steroid dienone is 1. The fourth-order valence-electron chi connectivity index (χ4n) is 1.12. The van der Waals surface area contributed by atoms with Gasteiger partial charge in [-0.3, -0.25) is 0 Å². The number of hydrogen-bond donors (Lipinski definition) is 0. The predicted molar refractivity (Wildman–Crippen MR) is 49.5 cm³/mol. The molecule has 1 aromatic rings. The Kier molecular flexibility index (Phi) is 3.03. The molecule has 1 aromatic carbocycles. The van der Waals surface area contributed by atoms with Gasteiger partial charge in [-0.05, 0) is 30.0 Å². The molecule has 0 bridgehead atoms. The van der Waals surface area contributed by atoms with Crippen LogP contribution >= 0.6 is 0 Å². The molecule has 1 unspecified atom stereocenters. The average molecular weight is 164 g/mol. The highest BCUT2D eigenvalue weighted by Crippen LogP contribution is 2.10. The Labute approximate surface area is 72.7 Å². The van der Waals surface area contributed by atoms with Crippen LogP contribution in [-0.4, -0.2) is 0 Å². The summed E-state index contributed by atoms with van der Waals surface area (Å²) in [6, 6.07) is 6.70. The van der Waals surface area contributed by atoms with Crippen LogP contribution in [0.2, 0.25) is 0 Å². The molecule has 0 aliphatic carbocycles. The van der Waals surface area contributed by atoms with Gasteiger partial charge in [0.2, 0.25) is 0 Å². The fourth-order valence-corrected chi connectivity index (χ4v) is 1.12. The van der Waals surface area contributed by atoms with Crippen LogP contribution in [0.25, 0.3) is 0 Å². The first-order valence-electron chi connectivity index (χ1n) is 4.09. The molecule has 1 heteroatoms. The van der Waals surface area contributed by atoms with Gasteiger partial charge in [-0.1, -0.05) is 25.1 Å². The first kappa shape index (κ1) is 8.98. The van der Waals surface area contributed by atoms with Crippen molar-refractivity contribution in [3.8, 4) is 0 Å². The average Bonchev–Trinajstić information content (AvgIpc) is 2.04.